The average Bonchev–Trinajstić information content (AvgIpc) is 2.82. The highest BCUT2D eigenvalue weighted by atomic mass is 15.2. The molecular weight excluding hydrogens is 222 g/mol. The molecule has 3 heteroatoms. The molecule has 0 aliphatic carbocycles. The van der Waals surface area contributed by atoms with E-state index in [4.69, 9.17) is 0 Å². The van der Waals surface area contributed by atoms with E-state index in [1.807, 2.05) is 6.20 Å². The Labute approximate surface area is 109 Å². The molecule has 1 saturated heterocycles. The fourth-order valence-electron chi connectivity index (χ4n) is 2.82. The smallest absolute Gasteiger partial charge is 0.128 e. The number of hydrogen-bond acceptors (Lipinski definition) is 3. The summed E-state index contributed by atoms with van der Waals surface area (Å²) >= 11 is 0. The van der Waals surface area contributed by atoms with Crippen LogP contribution in [0.2, 0.25) is 0 Å². The van der Waals surface area contributed by atoms with E-state index in [1.54, 1.807) is 0 Å². The normalized spacial score (nSPS) is 20.7. The summed E-state index contributed by atoms with van der Waals surface area (Å²) in [5, 5.41) is 0. The van der Waals surface area contributed by atoms with Crippen LogP contribution >= 0.6 is 0 Å². The van der Waals surface area contributed by atoms with Crippen molar-refractivity contribution >= 4 is 11.5 Å². The van der Waals surface area contributed by atoms with Crippen molar-refractivity contribution in [3.8, 4) is 0 Å². The molecule has 2 aliphatic rings. The summed E-state index contributed by atoms with van der Waals surface area (Å²) in [6, 6.07) is 4.36. The lowest BCUT2D eigenvalue weighted by molar-refractivity contribution is 0.726. The molecular formula is C15H21N3. The van der Waals surface area contributed by atoms with Crippen LogP contribution in [0.3, 0.4) is 0 Å². The first kappa shape index (κ1) is 11.7. The summed E-state index contributed by atoms with van der Waals surface area (Å²) in [4.78, 5) is 11.6. The lowest BCUT2D eigenvalue weighted by atomic mass is 10.1. The second kappa shape index (κ2) is 5.51. The first-order chi connectivity index (χ1) is 8.93. The zero-order valence-electron chi connectivity index (χ0n) is 10.9. The highest BCUT2D eigenvalue weighted by Crippen LogP contribution is 2.19. The van der Waals surface area contributed by atoms with Crippen molar-refractivity contribution in [2.24, 2.45) is 4.99 Å². The van der Waals surface area contributed by atoms with Gasteiger partial charge in [-0.15, -0.1) is 0 Å². The number of aromatic nitrogens is 1. The van der Waals surface area contributed by atoms with E-state index in [1.165, 1.54) is 43.4 Å². The maximum absolute atomic E-state index is 4.63. The molecule has 1 aromatic rings. The lowest BCUT2D eigenvalue weighted by Crippen LogP contribution is -2.24. The van der Waals surface area contributed by atoms with Crippen molar-refractivity contribution < 1.29 is 0 Å². The van der Waals surface area contributed by atoms with Crippen molar-refractivity contribution in [2.75, 3.05) is 24.5 Å². The van der Waals surface area contributed by atoms with Crippen LogP contribution in [0, 0.1) is 0 Å². The first-order valence-electron chi connectivity index (χ1n) is 7.18. The predicted octanol–water partition coefficient (Wildman–Crippen LogP) is 3.04. The Morgan fingerprint density at radius 3 is 2.39 bits per heavy atom. The van der Waals surface area contributed by atoms with E-state index >= 15 is 0 Å². The monoisotopic (exact) mass is 243 g/mol. The summed E-state index contributed by atoms with van der Waals surface area (Å²) in [7, 11) is 0. The zero-order valence-corrected chi connectivity index (χ0v) is 10.9. The maximum Gasteiger partial charge on any atom is 0.128 e. The van der Waals surface area contributed by atoms with E-state index in [0.29, 0.717) is 0 Å². The topological polar surface area (TPSA) is 28.5 Å². The standard InChI is InChI=1S/C15H21N3/c1-2-4-11-18(10-3-1)15-8-7-13(12-17-15)14-6-5-9-16-14/h7-8,12H,1-6,9-11H2. The summed E-state index contributed by atoms with van der Waals surface area (Å²) in [5.41, 5.74) is 2.45. The summed E-state index contributed by atoms with van der Waals surface area (Å²) < 4.78 is 0. The molecule has 0 unspecified atom stereocenters. The molecule has 0 radical (unpaired) electrons. The number of anilines is 1. The molecule has 0 bridgehead atoms. The molecule has 0 atom stereocenters. The Bertz CT molecular complexity index is 414. The van der Waals surface area contributed by atoms with Gasteiger partial charge in [-0.1, -0.05) is 12.8 Å². The van der Waals surface area contributed by atoms with E-state index in [2.05, 4.69) is 27.0 Å². The SMILES string of the molecule is c1cc(N2CCCCCC2)ncc1C1=NCCC1. The summed E-state index contributed by atoms with van der Waals surface area (Å²) in [6.45, 7) is 3.31. The fourth-order valence-corrected chi connectivity index (χ4v) is 2.82. The van der Waals surface area contributed by atoms with Gasteiger partial charge in [0, 0.05) is 37.1 Å². The van der Waals surface area contributed by atoms with Gasteiger partial charge in [0.25, 0.3) is 0 Å². The van der Waals surface area contributed by atoms with Crippen LogP contribution in [0.1, 0.15) is 44.1 Å². The van der Waals surface area contributed by atoms with Crippen LogP contribution in [0.4, 0.5) is 5.82 Å². The second-order valence-electron chi connectivity index (χ2n) is 5.24. The van der Waals surface area contributed by atoms with Crippen LogP contribution in [0.15, 0.2) is 23.3 Å². The molecule has 0 N–H and O–H groups in total. The van der Waals surface area contributed by atoms with Gasteiger partial charge in [-0.2, -0.15) is 0 Å². The van der Waals surface area contributed by atoms with Gasteiger partial charge < -0.3 is 4.90 Å². The van der Waals surface area contributed by atoms with Crippen LogP contribution in [-0.2, 0) is 0 Å². The van der Waals surface area contributed by atoms with Gasteiger partial charge in [-0.05, 0) is 37.8 Å². The quantitative estimate of drug-likeness (QED) is 0.798. The van der Waals surface area contributed by atoms with Gasteiger partial charge in [0.1, 0.15) is 5.82 Å². The summed E-state index contributed by atoms with van der Waals surface area (Å²) in [5.74, 6) is 1.14. The molecule has 18 heavy (non-hydrogen) atoms. The molecule has 0 saturated carbocycles. The summed E-state index contributed by atoms with van der Waals surface area (Å²) in [6.07, 6.45) is 9.65. The van der Waals surface area contributed by atoms with E-state index < -0.39 is 0 Å². The van der Waals surface area contributed by atoms with Gasteiger partial charge in [0.15, 0.2) is 0 Å². The van der Waals surface area contributed by atoms with Crippen molar-refractivity contribution in [1.29, 1.82) is 0 Å². The lowest BCUT2D eigenvalue weighted by Gasteiger charge is -2.21. The van der Waals surface area contributed by atoms with Crippen molar-refractivity contribution in [3.05, 3.63) is 23.9 Å². The van der Waals surface area contributed by atoms with Crippen LogP contribution in [-0.4, -0.2) is 30.3 Å². The maximum atomic E-state index is 4.63. The molecule has 1 aromatic heterocycles. The third-order valence-electron chi connectivity index (χ3n) is 3.89. The molecule has 0 aromatic carbocycles. The first-order valence-corrected chi connectivity index (χ1v) is 7.18. The zero-order chi connectivity index (χ0) is 12.2. The van der Waals surface area contributed by atoms with Crippen LogP contribution in [0.5, 0.6) is 0 Å². The molecule has 3 rings (SSSR count). The van der Waals surface area contributed by atoms with Gasteiger partial charge in [0.05, 0.1) is 0 Å². The molecule has 3 nitrogen and oxygen atoms in total. The predicted molar refractivity (Wildman–Crippen MR) is 75.6 cm³/mol. The van der Waals surface area contributed by atoms with Gasteiger partial charge >= 0.3 is 0 Å². The molecule has 1 fully saturated rings. The minimum absolute atomic E-state index is 0.989. The van der Waals surface area contributed by atoms with Crippen LogP contribution in [0.25, 0.3) is 0 Å². The highest BCUT2D eigenvalue weighted by Gasteiger charge is 2.13. The number of hydrogen-bond donors (Lipinski definition) is 0. The van der Waals surface area contributed by atoms with E-state index in [-0.39, 0.29) is 0 Å². The van der Waals surface area contributed by atoms with Crippen molar-refractivity contribution in [2.45, 2.75) is 38.5 Å². The van der Waals surface area contributed by atoms with Gasteiger partial charge in [-0.3, -0.25) is 4.99 Å². The number of aliphatic imine (C=N–C) groups is 1. The number of pyridine rings is 1. The molecule has 0 spiro atoms. The average molecular weight is 243 g/mol. The second-order valence-corrected chi connectivity index (χ2v) is 5.24. The largest absolute Gasteiger partial charge is 0.357 e. The number of rotatable bonds is 2. The van der Waals surface area contributed by atoms with Crippen molar-refractivity contribution in [3.63, 3.8) is 0 Å². The third kappa shape index (κ3) is 2.55. The Morgan fingerprint density at radius 2 is 1.78 bits per heavy atom. The highest BCUT2D eigenvalue weighted by molar-refractivity contribution is 6.01. The Morgan fingerprint density at radius 1 is 0.944 bits per heavy atom. The Balaban J connectivity index is 1.73. The minimum Gasteiger partial charge on any atom is -0.357 e. The molecule has 96 valence electrons. The number of nitrogens with zero attached hydrogens (tertiary/aromatic N) is 3. The molecule has 2 aliphatic heterocycles. The third-order valence-corrected chi connectivity index (χ3v) is 3.89. The molecule has 3 heterocycles. The Kier molecular flexibility index (Phi) is 3.58. The Hall–Kier alpha value is -1.38. The van der Waals surface area contributed by atoms with Crippen molar-refractivity contribution in [1.82, 2.24) is 4.98 Å². The van der Waals surface area contributed by atoms with Gasteiger partial charge in [-0.25, -0.2) is 4.98 Å². The van der Waals surface area contributed by atoms with E-state index in [0.717, 1.165) is 31.9 Å². The van der Waals surface area contributed by atoms with Gasteiger partial charge in [0.2, 0.25) is 0 Å². The minimum atomic E-state index is 0.989. The fraction of sp³-hybridized carbons (Fsp3) is 0.600. The van der Waals surface area contributed by atoms with E-state index in [9.17, 15) is 0 Å². The van der Waals surface area contributed by atoms with Crippen LogP contribution < -0.4 is 4.90 Å². The molecule has 0 amide bonds.